The van der Waals surface area contributed by atoms with Gasteiger partial charge in [-0.2, -0.15) is 5.26 Å². The van der Waals surface area contributed by atoms with Gasteiger partial charge in [-0.15, -0.1) is 0 Å². The average Bonchev–Trinajstić information content (AvgIpc) is 2.53. The summed E-state index contributed by atoms with van der Waals surface area (Å²) in [7, 11) is -1.28. The molecule has 1 aliphatic rings. The Bertz CT molecular complexity index is 664. The largest absolute Gasteiger partial charge is 0.444 e. The molecule has 0 saturated carbocycles. The van der Waals surface area contributed by atoms with Crippen LogP contribution in [0.4, 0.5) is 4.79 Å². The zero-order valence-corrected chi connectivity index (χ0v) is 15.1. The molecule has 2 atom stereocenters. The number of nitrogens with zero attached hydrogens (tertiary/aromatic N) is 3. The number of amides is 1. The van der Waals surface area contributed by atoms with Crippen LogP contribution in [-0.4, -0.2) is 44.6 Å². The lowest BCUT2D eigenvalue weighted by Crippen LogP contribution is -2.44. The van der Waals surface area contributed by atoms with Gasteiger partial charge in [-0.05, 0) is 51.7 Å². The van der Waals surface area contributed by atoms with E-state index in [0.29, 0.717) is 29.4 Å². The normalized spacial score (nSPS) is 19.4. The highest BCUT2D eigenvalue weighted by molar-refractivity contribution is 7.84. The molecule has 0 aromatic carbocycles. The van der Waals surface area contributed by atoms with E-state index in [1.807, 2.05) is 26.8 Å². The lowest BCUT2D eigenvalue weighted by atomic mass is 10.0. The van der Waals surface area contributed by atoms with Crippen LogP contribution >= 0.6 is 0 Å². The van der Waals surface area contributed by atoms with Crippen LogP contribution in [0, 0.1) is 17.2 Å². The summed E-state index contributed by atoms with van der Waals surface area (Å²) in [4.78, 5) is 18.0. The minimum atomic E-state index is -1.28. The zero-order valence-electron chi connectivity index (χ0n) is 14.3. The van der Waals surface area contributed by atoms with E-state index < -0.39 is 16.4 Å². The predicted molar refractivity (Wildman–Crippen MR) is 90.8 cm³/mol. The summed E-state index contributed by atoms with van der Waals surface area (Å²) >= 11 is 0. The summed E-state index contributed by atoms with van der Waals surface area (Å²) in [5.41, 5.74) is -0.0681. The molecule has 0 radical (unpaired) electrons. The van der Waals surface area contributed by atoms with Crippen molar-refractivity contribution in [1.29, 1.82) is 5.26 Å². The summed E-state index contributed by atoms with van der Waals surface area (Å²) in [5.74, 6) is 0.570. The highest BCUT2D eigenvalue weighted by Gasteiger charge is 2.28. The first-order valence-electron chi connectivity index (χ1n) is 8.01. The van der Waals surface area contributed by atoms with Crippen molar-refractivity contribution in [3.8, 4) is 6.07 Å². The van der Waals surface area contributed by atoms with E-state index >= 15 is 0 Å². The predicted octanol–water partition coefficient (Wildman–Crippen LogP) is 2.71. The van der Waals surface area contributed by atoms with Crippen LogP contribution in [0.25, 0.3) is 0 Å². The first kappa shape index (κ1) is 18.4. The Morgan fingerprint density at radius 1 is 1.54 bits per heavy atom. The Kier molecular flexibility index (Phi) is 5.94. The highest BCUT2D eigenvalue weighted by Crippen LogP contribution is 2.21. The third kappa shape index (κ3) is 5.31. The van der Waals surface area contributed by atoms with Gasteiger partial charge in [0.25, 0.3) is 0 Å². The van der Waals surface area contributed by atoms with E-state index in [1.165, 1.54) is 6.20 Å². The molecule has 0 spiro atoms. The van der Waals surface area contributed by atoms with Crippen LogP contribution in [0.2, 0.25) is 0 Å². The number of ether oxygens (including phenoxy) is 1. The fourth-order valence-corrected chi connectivity index (χ4v) is 3.90. The molecule has 1 fully saturated rings. The Morgan fingerprint density at radius 2 is 2.29 bits per heavy atom. The number of piperidine rings is 1. The summed E-state index contributed by atoms with van der Waals surface area (Å²) in [6.07, 6.45) is 2.97. The molecular formula is C17H23N3O3S. The molecule has 2 rings (SSSR count). The maximum Gasteiger partial charge on any atom is 0.410 e. The minimum Gasteiger partial charge on any atom is -0.444 e. The van der Waals surface area contributed by atoms with Crippen molar-refractivity contribution in [2.24, 2.45) is 5.92 Å². The van der Waals surface area contributed by atoms with Gasteiger partial charge in [0, 0.05) is 25.0 Å². The summed E-state index contributed by atoms with van der Waals surface area (Å²) in [6, 6.07) is 5.17. The van der Waals surface area contributed by atoms with E-state index in [1.54, 1.807) is 17.0 Å². The summed E-state index contributed by atoms with van der Waals surface area (Å²) < 4.78 is 17.9. The van der Waals surface area contributed by atoms with E-state index in [9.17, 15) is 9.00 Å². The second kappa shape index (κ2) is 7.75. The molecule has 1 aromatic rings. The molecule has 1 aromatic heterocycles. The molecule has 1 saturated heterocycles. The van der Waals surface area contributed by atoms with Gasteiger partial charge in [-0.1, -0.05) is 0 Å². The van der Waals surface area contributed by atoms with Crippen LogP contribution in [0.5, 0.6) is 0 Å². The van der Waals surface area contributed by atoms with Crippen molar-refractivity contribution in [3.63, 3.8) is 0 Å². The third-order valence-electron chi connectivity index (χ3n) is 3.65. The molecular weight excluding hydrogens is 326 g/mol. The van der Waals surface area contributed by atoms with Crippen LogP contribution in [0.15, 0.2) is 23.4 Å². The van der Waals surface area contributed by atoms with Gasteiger partial charge in [0.2, 0.25) is 0 Å². The fraction of sp³-hybridized carbons (Fsp3) is 0.588. The number of hydrogen-bond donors (Lipinski definition) is 0. The molecule has 1 aliphatic heterocycles. The molecule has 0 aliphatic carbocycles. The second-order valence-corrected chi connectivity index (χ2v) is 8.38. The lowest BCUT2D eigenvalue weighted by Gasteiger charge is -2.33. The average molecular weight is 349 g/mol. The number of rotatable bonds is 3. The molecule has 6 nitrogen and oxygen atoms in total. The molecule has 130 valence electrons. The van der Waals surface area contributed by atoms with Crippen molar-refractivity contribution in [2.75, 3.05) is 18.8 Å². The number of aromatic nitrogens is 1. The van der Waals surface area contributed by atoms with Crippen molar-refractivity contribution in [2.45, 2.75) is 44.2 Å². The monoisotopic (exact) mass is 349 g/mol. The molecule has 0 bridgehead atoms. The van der Waals surface area contributed by atoms with Crippen molar-refractivity contribution in [1.82, 2.24) is 9.88 Å². The Morgan fingerprint density at radius 3 is 2.96 bits per heavy atom. The number of hydrogen-bond acceptors (Lipinski definition) is 5. The first-order valence-corrected chi connectivity index (χ1v) is 9.33. The van der Waals surface area contributed by atoms with Crippen molar-refractivity contribution in [3.05, 3.63) is 23.9 Å². The highest BCUT2D eigenvalue weighted by atomic mass is 32.2. The standard InChI is InChI=1S/C17H23N3O3S/c1-17(2,3)23-16(21)20-8-4-5-14(11-20)12-24(22)15-9-13(10-18)6-7-19-15/h6-7,9,14H,4-5,8,11-12H2,1-3H3/t14-,24-/m1/s1. The zero-order chi connectivity index (χ0) is 17.7. The number of nitriles is 1. The van der Waals surface area contributed by atoms with E-state index in [-0.39, 0.29) is 12.0 Å². The van der Waals surface area contributed by atoms with Crippen LogP contribution in [-0.2, 0) is 15.5 Å². The van der Waals surface area contributed by atoms with Gasteiger partial charge >= 0.3 is 6.09 Å². The Balaban J connectivity index is 1.96. The van der Waals surface area contributed by atoms with Crippen molar-refractivity contribution >= 4 is 16.9 Å². The Labute approximate surface area is 145 Å². The Hall–Kier alpha value is -1.94. The molecule has 7 heteroatoms. The number of pyridine rings is 1. The maximum atomic E-state index is 12.5. The topological polar surface area (TPSA) is 83.3 Å². The number of likely N-dealkylation sites (tertiary alicyclic amines) is 1. The lowest BCUT2D eigenvalue weighted by molar-refractivity contribution is 0.0176. The molecule has 2 heterocycles. The van der Waals surface area contributed by atoms with E-state index in [2.05, 4.69) is 4.98 Å². The maximum absolute atomic E-state index is 12.5. The van der Waals surface area contributed by atoms with Crippen LogP contribution in [0.1, 0.15) is 39.2 Å². The summed E-state index contributed by atoms with van der Waals surface area (Å²) in [5, 5.41) is 9.34. The number of carbonyl (C=O) groups is 1. The molecule has 1 amide bonds. The van der Waals surface area contributed by atoms with Gasteiger partial charge in [0.15, 0.2) is 0 Å². The molecule has 24 heavy (non-hydrogen) atoms. The SMILES string of the molecule is CC(C)(C)OC(=O)N1CCC[C@@H](C[S@@](=O)c2cc(C#N)ccn2)C1. The van der Waals surface area contributed by atoms with Crippen LogP contribution in [0.3, 0.4) is 0 Å². The van der Waals surface area contributed by atoms with Gasteiger partial charge in [-0.3, -0.25) is 4.21 Å². The molecule has 0 unspecified atom stereocenters. The van der Waals surface area contributed by atoms with Gasteiger partial charge in [0.1, 0.15) is 10.6 Å². The van der Waals surface area contributed by atoms with E-state index in [4.69, 9.17) is 10.00 Å². The minimum absolute atomic E-state index is 0.139. The second-order valence-electron chi connectivity index (χ2n) is 6.94. The van der Waals surface area contributed by atoms with E-state index in [0.717, 1.165) is 12.8 Å². The van der Waals surface area contributed by atoms with Crippen LogP contribution < -0.4 is 0 Å². The molecule has 0 N–H and O–H groups in total. The first-order chi connectivity index (χ1) is 11.3. The van der Waals surface area contributed by atoms with Crippen molar-refractivity contribution < 1.29 is 13.7 Å². The quantitative estimate of drug-likeness (QED) is 0.838. The summed E-state index contributed by atoms with van der Waals surface area (Å²) in [6.45, 7) is 6.73. The van der Waals surface area contributed by atoms with Gasteiger partial charge < -0.3 is 9.64 Å². The fourth-order valence-electron chi connectivity index (χ4n) is 2.60. The third-order valence-corrected chi connectivity index (χ3v) is 5.12. The number of carbonyl (C=O) groups excluding carboxylic acids is 1. The van der Waals surface area contributed by atoms with Gasteiger partial charge in [-0.25, -0.2) is 9.78 Å². The smallest absolute Gasteiger partial charge is 0.410 e. The van der Waals surface area contributed by atoms with Gasteiger partial charge in [0.05, 0.1) is 22.4 Å².